The number of benzene rings is 2. The highest BCUT2D eigenvalue weighted by Gasteiger charge is 2.51. The average Bonchev–Trinajstić information content (AvgIpc) is 3.43. The minimum absolute atomic E-state index is 0.203. The van der Waals surface area contributed by atoms with Crippen LogP contribution in [0.25, 0.3) is 10.9 Å². The summed E-state index contributed by atoms with van der Waals surface area (Å²) in [6, 6.07) is 20.9. The Labute approximate surface area is 237 Å². The van der Waals surface area contributed by atoms with Crippen LogP contribution in [-0.4, -0.2) is 38.6 Å². The number of likely N-dealkylation sites (tertiary alicyclic amines) is 1. The smallest absolute Gasteiger partial charge is 0.417 e. The lowest BCUT2D eigenvalue weighted by atomic mass is 9.74. The Morgan fingerprint density at radius 1 is 1.07 bits per heavy atom. The zero-order valence-corrected chi connectivity index (χ0v) is 24.2. The lowest BCUT2D eigenvalue weighted by Crippen LogP contribution is -2.44. The normalized spacial score (nSPS) is 18.3. The molecular weight excluding hydrogens is 498 g/mol. The van der Waals surface area contributed by atoms with Crippen molar-refractivity contribution in [3.63, 3.8) is 0 Å². The summed E-state index contributed by atoms with van der Waals surface area (Å²) in [7, 11) is 0. The molecule has 6 nitrogen and oxygen atoms in total. The third-order valence-corrected chi connectivity index (χ3v) is 8.09. The van der Waals surface area contributed by atoms with Crippen LogP contribution in [0.4, 0.5) is 4.79 Å². The molecule has 2 unspecified atom stereocenters. The van der Waals surface area contributed by atoms with Crippen LogP contribution in [0.15, 0.2) is 79.3 Å². The van der Waals surface area contributed by atoms with Gasteiger partial charge in [-0.1, -0.05) is 49.4 Å². The van der Waals surface area contributed by atoms with E-state index in [2.05, 4.69) is 78.1 Å². The molecule has 0 saturated carbocycles. The van der Waals surface area contributed by atoms with Crippen molar-refractivity contribution in [1.82, 2.24) is 14.5 Å². The first kappa shape index (κ1) is 27.6. The Hall–Kier alpha value is -3.93. The molecule has 208 valence electrons. The van der Waals surface area contributed by atoms with E-state index in [0.717, 1.165) is 29.6 Å². The van der Waals surface area contributed by atoms with Crippen LogP contribution >= 0.6 is 0 Å². The number of pyridine rings is 1. The molecule has 0 radical (unpaired) electrons. The summed E-state index contributed by atoms with van der Waals surface area (Å²) < 4.78 is 7.93. The second-order valence-corrected chi connectivity index (χ2v) is 12.1. The number of fused-ring (bicyclic) bond motifs is 1. The Morgan fingerprint density at radius 3 is 2.50 bits per heavy atom. The number of rotatable bonds is 7. The van der Waals surface area contributed by atoms with E-state index in [1.165, 1.54) is 21.4 Å². The second-order valence-electron chi connectivity index (χ2n) is 12.1. The van der Waals surface area contributed by atoms with Gasteiger partial charge in [0.2, 0.25) is 5.91 Å². The van der Waals surface area contributed by atoms with Gasteiger partial charge in [-0.25, -0.2) is 9.69 Å². The van der Waals surface area contributed by atoms with E-state index < -0.39 is 17.1 Å². The molecule has 2 aromatic carbocycles. The standard InChI is InChI=1S/C34H39N3O3/c1-24(27-9-7-6-8-10-27)15-19-36-23-25(2)29-12-11-28(21-30(29)36)34(22-26-13-17-35-18-14-26)16-20-37(31(34)38)32(39)40-33(3,4)5/h6-14,17-18,21,23-24H,15-16,19-20,22H2,1-5H3. The van der Waals surface area contributed by atoms with Crippen LogP contribution in [0.5, 0.6) is 0 Å². The van der Waals surface area contributed by atoms with Gasteiger partial charge in [0.25, 0.3) is 0 Å². The van der Waals surface area contributed by atoms with Crippen LogP contribution in [0.3, 0.4) is 0 Å². The van der Waals surface area contributed by atoms with Crippen molar-refractivity contribution in [3.05, 3.63) is 102 Å². The molecule has 0 spiro atoms. The number of imide groups is 1. The minimum atomic E-state index is -0.868. The molecule has 40 heavy (non-hydrogen) atoms. The summed E-state index contributed by atoms with van der Waals surface area (Å²) in [4.78, 5) is 32.7. The summed E-state index contributed by atoms with van der Waals surface area (Å²) in [5, 5.41) is 1.18. The van der Waals surface area contributed by atoms with Crippen molar-refractivity contribution in [3.8, 4) is 0 Å². The largest absolute Gasteiger partial charge is 0.443 e. The maximum Gasteiger partial charge on any atom is 0.417 e. The molecule has 1 fully saturated rings. The number of carbonyl (C=O) groups excluding carboxylic acids is 2. The fourth-order valence-electron chi connectivity index (χ4n) is 5.88. The first-order chi connectivity index (χ1) is 19.1. The van der Waals surface area contributed by atoms with Gasteiger partial charge in [0, 0.05) is 42.6 Å². The van der Waals surface area contributed by atoms with Gasteiger partial charge in [0.1, 0.15) is 5.60 Å². The summed E-state index contributed by atoms with van der Waals surface area (Å²) in [5.74, 6) is 0.226. The number of aryl methyl sites for hydroxylation is 2. The molecule has 1 aliphatic heterocycles. The molecule has 2 amide bonds. The monoisotopic (exact) mass is 537 g/mol. The van der Waals surface area contributed by atoms with Crippen molar-refractivity contribution >= 4 is 22.9 Å². The molecule has 0 bridgehead atoms. The number of hydrogen-bond donors (Lipinski definition) is 0. The third-order valence-electron chi connectivity index (χ3n) is 8.09. The van der Waals surface area contributed by atoms with Crippen LogP contribution < -0.4 is 0 Å². The molecule has 3 heterocycles. The number of ether oxygens (including phenoxy) is 1. The van der Waals surface area contributed by atoms with E-state index in [1.807, 2.05) is 32.9 Å². The summed E-state index contributed by atoms with van der Waals surface area (Å²) in [6.45, 7) is 11.1. The fraction of sp³-hybridized carbons (Fsp3) is 0.382. The number of amides is 2. The number of nitrogens with zero attached hydrogens (tertiary/aromatic N) is 3. The zero-order chi connectivity index (χ0) is 28.5. The average molecular weight is 538 g/mol. The van der Waals surface area contributed by atoms with Crippen molar-refractivity contribution in [2.24, 2.45) is 0 Å². The van der Waals surface area contributed by atoms with E-state index >= 15 is 0 Å². The summed E-state index contributed by atoms with van der Waals surface area (Å²) in [5.41, 5.74) is 4.07. The minimum Gasteiger partial charge on any atom is -0.443 e. The van der Waals surface area contributed by atoms with E-state index in [4.69, 9.17) is 4.74 Å². The number of hydrogen-bond acceptors (Lipinski definition) is 4. The highest BCUT2D eigenvalue weighted by atomic mass is 16.6. The number of carbonyl (C=O) groups is 2. The van der Waals surface area contributed by atoms with Gasteiger partial charge in [-0.15, -0.1) is 0 Å². The van der Waals surface area contributed by atoms with Crippen molar-refractivity contribution in [2.45, 2.75) is 77.4 Å². The third kappa shape index (κ3) is 5.53. The van der Waals surface area contributed by atoms with Crippen LogP contribution in [0, 0.1) is 6.92 Å². The van der Waals surface area contributed by atoms with Gasteiger partial charge >= 0.3 is 6.09 Å². The van der Waals surface area contributed by atoms with E-state index in [-0.39, 0.29) is 5.91 Å². The molecule has 5 rings (SSSR count). The van der Waals surface area contributed by atoms with Crippen molar-refractivity contribution in [1.29, 1.82) is 0 Å². The molecule has 2 atom stereocenters. The van der Waals surface area contributed by atoms with E-state index in [0.29, 0.717) is 25.3 Å². The molecule has 1 saturated heterocycles. The predicted octanol–water partition coefficient (Wildman–Crippen LogP) is 7.19. The van der Waals surface area contributed by atoms with Gasteiger partial charge < -0.3 is 9.30 Å². The summed E-state index contributed by atoms with van der Waals surface area (Å²) >= 11 is 0. The van der Waals surface area contributed by atoms with Crippen molar-refractivity contribution in [2.75, 3.05) is 6.54 Å². The van der Waals surface area contributed by atoms with Gasteiger partial charge in [-0.05, 0) is 93.3 Å². The van der Waals surface area contributed by atoms with Gasteiger partial charge in [-0.3, -0.25) is 9.78 Å². The Balaban J connectivity index is 1.51. The molecule has 0 N–H and O–H groups in total. The predicted molar refractivity (Wildman–Crippen MR) is 158 cm³/mol. The van der Waals surface area contributed by atoms with Crippen LogP contribution in [-0.2, 0) is 27.9 Å². The van der Waals surface area contributed by atoms with Crippen molar-refractivity contribution < 1.29 is 14.3 Å². The Kier molecular flexibility index (Phi) is 7.54. The first-order valence-electron chi connectivity index (χ1n) is 14.2. The lowest BCUT2D eigenvalue weighted by molar-refractivity contribution is -0.131. The molecule has 1 aliphatic rings. The molecule has 0 aliphatic carbocycles. The van der Waals surface area contributed by atoms with Crippen LogP contribution in [0.1, 0.15) is 68.7 Å². The quantitative estimate of drug-likeness (QED) is 0.250. The maximum absolute atomic E-state index is 14.2. The molecule has 2 aromatic heterocycles. The molecule has 4 aromatic rings. The number of aromatic nitrogens is 2. The summed E-state index contributed by atoms with van der Waals surface area (Å²) in [6.07, 6.45) is 7.16. The topological polar surface area (TPSA) is 64.4 Å². The van der Waals surface area contributed by atoms with Crippen LogP contribution in [0.2, 0.25) is 0 Å². The van der Waals surface area contributed by atoms with Gasteiger partial charge in [0.05, 0.1) is 5.41 Å². The molecular formula is C34H39N3O3. The maximum atomic E-state index is 14.2. The SMILES string of the molecule is Cc1cn(CCC(C)c2ccccc2)c2cc(C3(Cc4ccncc4)CCN(C(=O)OC(C)(C)C)C3=O)ccc12. The van der Waals surface area contributed by atoms with Gasteiger partial charge in [0.15, 0.2) is 0 Å². The molecule has 6 heteroatoms. The first-order valence-corrected chi connectivity index (χ1v) is 14.2. The fourth-order valence-corrected chi connectivity index (χ4v) is 5.88. The highest BCUT2D eigenvalue weighted by molar-refractivity contribution is 6.01. The van der Waals surface area contributed by atoms with E-state index in [9.17, 15) is 9.59 Å². The highest BCUT2D eigenvalue weighted by Crippen LogP contribution is 2.41. The Bertz CT molecular complexity index is 1500. The lowest BCUT2D eigenvalue weighted by Gasteiger charge is -2.29. The van der Waals surface area contributed by atoms with Gasteiger partial charge in [-0.2, -0.15) is 0 Å². The van der Waals surface area contributed by atoms with E-state index in [1.54, 1.807) is 12.4 Å². The Morgan fingerprint density at radius 2 is 1.80 bits per heavy atom. The second kappa shape index (κ2) is 10.9. The zero-order valence-electron chi connectivity index (χ0n) is 24.2.